The van der Waals surface area contributed by atoms with Crippen LogP contribution in [0.25, 0.3) is 22.0 Å². The van der Waals surface area contributed by atoms with Crippen LogP contribution in [0.3, 0.4) is 0 Å². The number of pyridine rings is 2. The van der Waals surface area contributed by atoms with E-state index < -0.39 is 0 Å². The maximum absolute atomic E-state index is 6.06. The largest absolute Gasteiger partial charge is 0.255 e. The van der Waals surface area contributed by atoms with Crippen molar-refractivity contribution in [3.63, 3.8) is 0 Å². The first-order valence-corrected chi connectivity index (χ1v) is 7.04. The number of hydrogen-bond acceptors (Lipinski definition) is 2. The summed E-state index contributed by atoms with van der Waals surface area (Å²) in [5, 5.41) is 2.70. The topological polar surface area (TPSA) is 25.8 Å². The van der Waals surface area contributed by atoms with E-state index in [4.69, 9.17) is 11.6 Å². The smallest absolute Gasteiger partial charge is 0.129 e. The van der Waals surface area contributed by atoms with Gasteiger partial charge < -0.3 is 0 Å². The van der Waals surface area contributed by atoms with Crippen molar-refractivity contribution in [2.75, 3.05) is 0 Å². The molecule has 0 fully saturated rings. The van der Waals surface area contributed by atoms with Gasteiger partial charge in [-0.2, -0.15) is 0 Å². The molecule has 0 N–H and O–H groups in total. The molecule has 0 atom stereocenters. The fraction of sp³-hybridized carbons (Fsp3) is 0.176. The van der Waals surface area contributed by atoms with Crippen molar-refractivity contribution in [2.45, 2.75) is 19.8 Å². The van der Waals surface area contributed by atoms with Gasteiger partial charge in [0.1, 0.15) is 5.15 Å². The zero-order valence-electron chi connectivity index (χ0n) is 11.5. The van der Waals surface area contributed by atoms with Crippen LogP contribution in [0.2, 0.25) is 5.15 Å². The summed E-state index contributed by atoms with van der Waals surface area (Å²) in [4.78, 5) is 8.86. The maximum atomic E-state index is 6.06. The van der Waals surface area contributed by atoms with Crippen molar-refractivity contribution in [1.82, 2.24) is 9.97 Å². The van der Waals surface area contributed by atoms with Crippen molar-refractivity contribution >= 4 is 22.4 Å². The maximum Gasteiger partial charge on any atom is 0.129 e. The third-order valence-corrected chi connectivity index (χ3v) is 3.65. The molecule has 3 aromatic rings. The summed E-state index contributed by atoms with van der Waals surface area (Å²) in [6, 6.07) is 12.1. The van der Waals surface area contributed by atoms with E-state index in [0.717, 1.165) is 22.0 Å². The summed E-state index contributed by atoms with van der Waals surface area (Å²) in [5.41, 5.74) is 3.25. The first-order valence-electron chi connectivity index (χ1n) is 6.66. The molecule has 0 radical (unpaired) electrons. The molecule has 0 amide bonds. The van der Waals surface area contributed by atoms with Crippen molar-refractivity contribution in [1.29, 1.82) is 0 Å². The minimum atomic E-state index is 0.397. The van der Waals surface area contributed by atoms with Crippen LogP contribution in [0.15, 0.2) is 48.8 Å². The summed E-state index contributed by atoms with van der Waals surface area (Å²) in [6.07, 6.45) is 3.77. The van der Waals surface area contributed by atoms with Gasteiger partial charge in [-0.25, -0.2) is 4.98 Å². The summed E-state index contributed by atoms with van der Waals surface area (Å²) in [7, 11) is 0. The number of nitrogens with zero attached hydrogens (tertiary/aromatic N) is 2. The first kappa shape index (κ1) is 13.1. The van der Waals surface area contributed by atoms with Gasteiger partial charge in [0.25, 0.3) is 0 Å². The fourth-order valence-electron chi connectivity index (χ4n) is 2.42. The number of halogens is 1. The highest BCUT2D eigenvalue weighted by Gasteiger charge is 2.12. The molecule has 2 heterocycles. The second kappa shape index (κ2) is 5.22. The lowest BCUT2D eigenvalue weighted by Crippen LogP contribution is -1.95. The Hall–Kier alpha value is -1.93. The van der Waals surface area contributed by atoms with Gasteiger partial charge in [0.05, 0.1) is 5.69 Å². The molecular formula is C17H15ClN2. The second-order valence-electron chi connectivity index (χ2n) is 5.14. The Bertz CT molecular complexity index is 752. The number of fused-ring (bicyclic) bond motifs is 1. The lowest BCUT2D eigenvalue weighted by atomic mass is 9.97. The number of benzene rings is 1. The molecular weight excluding hydrogens is 268 g/mol. The molecule has 0 saturated carbocycles. The van der Waals surface area contributed by atoms with Crippen molar-refractivity contribution < 1.29 is 0 Å². The summed E-state index contributed by atoms with van der Waals surface area (Å²) < 4.78 is 0. The van der Waals surface area contributed by atoms with E-state index in [2.05, 4.69) is 35.9 Å². The van der Waals surface area contributed by atoms with Crippen LogP contribution in [-0.4, -0.2) is 9.97 Å². The lowest BCUT2D eigenvalue weighted by Gasteiger charge is -2.13. The van der Waals surface area contributed by atoms with Gasteiger partial charge in [0.2, 0.25) is 0 Å². The normalized spacial score (nSPS) is 11.2. The van der Waals surface area contributed by atoms with Crippen LogP contribution in [0.5, 0.6) is 0 Å². The zero-order chi connectivity index (χ0) is 14.1. The Labute approximate surface area is 123 Å². The molecule has 0 aliphatic rings. The van der Waals surface area contributed by atoms with Crippen LogP contribution >= 0.6 is 11.6 Å². The van der Waals surface area contributed by atoms with E-state index >= 15 is 0 Å². The van der Waals surface area contributed by atoms with Gasteiger partial charge in [0, 0.05) is 23.3 Å². The van der Waals surface area contributed by atoms with E-state index in [-0.39, 0.29) is 0 Å². The number of aromatic nitrogens is 2. The zero-order valence-corrected chi connectivity index (χ0v) is 12.2. The Morgan fingerprint density at radius 3 is 2.40 bits per heavy atom. The molecule has 100 valence electrons. The van der Waals surface area contributed by atoms with E-state index in [1.54, 1.807) is 0 Å². The molecule has 0 bridgehead atoms. The lowest BCUT2D eigenvalue weighted by molar-refractivity contribution is 0.869. The predicted octanol–water partition coefficient (Wildman–Crippen LogP) is 5.07. The Morgan fingerprint density at radius 2 is 1.70 bits per heavy atom. The van der Waals surface area contributed by atoms with Crippen LogP contribution in [0.1, 0.15) is 25.3 Å². The van der Waals surface area contributed by atoms with Gasteiger partial charge in [0.15, 0.2) is 0 Å². The molecule has 0 unspecified atom stereocenters. The highest BCUT2D eigenvalue weighted by atomic mass is 35.5. The average Bonchev–Trinajstić information content (AvgIpc) is 2.46. The van der Waals surface area contributed by atoms with E-state index in [1.165, 1.54) is 5.56 Å². The Balaban J connectivity index is 2.34. The van der Waals surface area contributed by atoms with Crippen molar-refractivity contribution in [3.8, 4) is 11.3 Å². The Kier molecular flexibility index (Phi) is 3.41. The minimum absolute atomic E-state index is 0.397. The second-order valence-corrected chi connectivity index (χ2v) is 5.52. The van der Waals surface area contributed by atoms with Crippen LogP contribution in [0.4, 0.5) is 0 Å². The molecule has 2 nitrogen and oxygen atoms in total. The highest BCUT2D eigenvalue weighted by molar-refractivity contribution is 6.30. The molecule has 0 spiro atoms. The van der Waals surface area contributed by atoms with Crippen LogP contribution in [0, 0.1) is 0 Å². The molecule has 2 aromatic heterocycles. The first-order chi connectivity index (χ1) is 9.66. The van der Waals surface area contributed by atoms with Crippen molar-refractivity contribution in [3.05, 3.63) is 59.5 Å². The van der Waals surface area contributed by atoms with E-state index in [0.29, 0.717) is 11.1 Å². The van der Waals surface area contributed by atoms with Gasteiger partial charge >= 0.3 is 0 Å². The quantitative estimate of drug-likeness (QED) is 0.613. The molecule has 0 aliphatic carbocycles. The third kappa shape index (κ3) is 2.27. The molecule has 0 saturated heterocycles. The fourth-order valence-corrected chi connectivity index (χ4v) is 2.57. The monoisotopic (exact) mass is 282 g/mol. The standard InChI is InChI=1S/C17H15ClN2/c1-11(2)14-9-20-17(12-6-4-3-5-7-12)15-10-19-16(18)8-13(14)15/h3-11H,1-2H3. The van der Waals surface area contributed by atoms with Gasteiger partial charge in [-0.15, -0.1) is 0 Å². The van der Waals surface area contributed by atoms with Crippen molar-refractivity contribution in [2.24, 2.45) is 0 Å². The van der Waals surface area contributed by atoms with Crippen LogP contribution in [-0.2, 0) is 0 Å². The average molecular weight is 283 g/mol. The minimum Gasteiger partial charge on any atom is -0.255 e. The Morgan fingerprint density at radius 1 is 0.950 bits per heavy atom. The summed E-state index contributed by atoms with van der Waals surface area (Å²) in [6.45, 7) is 4.32. The van der Waals surface area contributed by atoms with Gasteiger partial charge in [-0.05, 0) is 22.9 Å². The van der Waals surface area contributed by atoms with Crippen LogP contribution < -0.4 is 0 Å². The van der Waals surface area contributed by atoms with Gasteiger partial charge in [-0.3, -0.25) is 4.98 Å². The molecule has 0 aliphatic heterocycles. The predicted molar refractivity (Wildman–Crippen MR) is 84.1 cm³/mol. The SMILES string of the molecule is CC(C)c1cnc(-c2ccccc2)c2cnc(Cl)cc12. The summed E-state index contributed by atoms with van der Waals surface area (Å²) >= 11 is 6.06. The highest BCUT2D eigenvalue weighted by Crippen LogP contribution is 2.32. The van der Waals surface area contributed by atoms with E-state index in [9.17, 15) is 0 Å². The number of hydrogen-bond donors (Lipinski definition) is 0. The third-order valence-electron chi connectivity index (χ3n) is 3.44. The molecule has 20 heavy (non-hydrogen) atoms. The molecule has 3 rings (SSSR count). The van der Waals surface area contributed by atoms with E-state index in [1.807, 2.05) is 36.7 Å². The molecule has 3 heteroatoms. The summed E-state index contributed by atoms with van der Waals surface area (Å²) in [5.74, 6) is 0.397. The molecule has 1 aromatic carbocycles. The number of rotatable bonds is 2. The van der Waals surface area contributed by atoms with Gasteiger partial charge in [-0.1, -0.05) is 55.8 Å².